The van der Waals surface area contributed by atoms with Crippen molar-refractivity contribution in [2.45, 2.75) is 12.4 Å². The van der Waals surface area contributed by atoms with Gasteiger partial charge in [0.15, 0.2) is 0 Å². The maximum Gasteiger partial charge on any atom is 0.573 e. The molecule has 0 aliphatic heterocycles. The second-order valence-electron chi connectivity index (χ2n) is 3.72. The molecular formula is C12H9BrF3NOS. The molecular weight excluding hydrogens is 343 g/mol. The van der Waals surface area contributed by atoms with Crippen LogP contribution in [0.2, 0.25) is 0 Å². The Morgan fingerprint density at radius 2 is 2.00 bits per heavy atom. The van der Waals surface area contributed by atoms with Gasteiger partial charge < -0.3 is 10.5 Å². The molecule has 7 heteroatoms. The first-order valence-corrected chi connectivity index (χ1v) is 6.88. The zero-order valence-electron chi connectivity index (χ0n) is 9.45. The van der Waals surface area contributed by atoms with Gasteiger partial charge in [-0.1, -0.05) is 22.0 Å². The Morgan fingerprint density at radius 3 is 2.58 bits per heavy atom. The van der Waals surface area contributed by atoms with E-state index < -0.39 is 12.4 Å². The molecule has 2 rings (SSSR count). The molecule has 0 saturated heterocycles. The van der Waals surface area contributed by atoms with Crippen molar-refractivity contribution in [1.29, 1.82) is 0 Å². The van der Waals surface area contributed by atoms with Gasteiger partial charge in [-0.3, -0.25) is 0 Å². The Kier molecular flexibility index (Phi) is 4.17. The quantitative estimate of drug-likeness (QED) is 0.885. The van der Waals surface area contributed by atoms with E-state index in [2.05, 4.69) is 20.7 Å². The fraction of sp³-hybridized carbons (Fsp3) is 0.167. The van der Waals surface area contributed by atoms with Gasteiger partial charge in [-0.25, -0.2) is 0 Å². The van der Waals surface area contributed by atoms with E-state index in [0.717, 1.165) is 4.88 Å². The average Bonchev–Trinajstić information content (AvgIpc) is 2.82. The summed E-state index contributed by atoms with van der Waals surface area (Å²) >= 11 is 4.60. The van der Waals surface area contributed by atoms with Crippen LogP contribution in [-0.4, -0.2) is 6.36 Å². The standard InChI is InChI=1S/C12H9BrF3NOS/c13-7-3-4-9(18-12(14,15)16)8(6-7)11(17)10-2-1-5-19-10/h1-6,11H,17H2/t11-/m1/s1. The lowest BCUT2D eigenvalue weighted by Gasteiger charge is -2.17. The van der Waals surface area contributed by atoms with Crippen LogP contribution < -0.4 is 10.5 Å². The van der Waals surface area contributed by atoms with Crippen LogP contribution in [-0.2, 0) is 0 Å². The number of thiophene rings is 1. The summed E-state index contributed by atoms with van der Waals surface area (Å²) in [6.45, 7) is 0. The molecule has 1 aromatic carbocycles. The van der Waals surface area contributed by atoms with E-state index in [1.54, 1.807) is 12.1 Å². The monoisotopic (exact) mass is 351 g/mol. The molecule has 0 spiro atoms. The summed E-state index contributed by atoms with van der Waals surface area (Å²) in [5.74, 6) is -0.281. The van der Waals surface area contributed by atoms with E-state index in [0.29, 0.717) is 4.47 Å². The fourth-order valence-corrected chi connectivity index (χ4v) is 2.73. The minimum absolute atomic E-state index is 0.281. The van der Waals surface area contributed by atoms with Gasteiger partial charge in [-0.2, -0.15) is 0 Å². The summed E-state index contributed by atoms with van der Waals surface area (Å²) in [5.41, 5.74) is 6.28. The summed E-state index contributed by atoms with van der Waals surface area (Å²) < 4.78 is 41.7. The molecule has 1 heterocycles. The number of nitrogens with two attached hydrogens (primary N) is 1. The maximum atomic E-state index is 12.4. The van der Waals surface area contributed by atoms with Gasteiger partial charge in [0.2, 0.25) is 0 Å². The van der Waals surface area contributed by atoms with Crippen molar-refractivity contribution < 1.29 is 17.9 Å². The van der Waals surface area contributed by atoms with Gasteiger partial charge in [0.25, 0.3) is 0 Å². The lowest BCUT2D eigenvalue weighted by molar-refractivity contribution is -0.274. The molecule has 1 atom stereocenters. The van der Waals surface area contributed by atoms with E-state index in [1.807, 2.05) is 5.38 Å². The van der Waals surface area contributed by atoms with Gasteiger partial charge in [0.05, 0.1) is 6.04 Å². The largest absolute Gasteiger partial charge is 0.573 e. The normalized spacial score (nSPS) is 13.3. The number of alkyl halides is 3. The van der Waals surface area contributed by atoms with Crippen LogP contribution in [0, 0.1) is 0 Å². The average molecular weight is 352 g/mol. The molecule has 2 aromatic rings. The molecule has 2 N–H and O–H groups in total. The maximum absolute atomic E-state index is 12.4. The highest BCUT2D eigenvalue weighted by Crippen LogP contribution is 2.35. The van der Waals surface area contributed by atoms with Crippen LogP contribution in [0.5, 0.6) is 5.75 Å². The van der Waals surface area contributed by atoms with Crippen molar-refractivity contribution >= 4 is 27.3 Å². The Labute approximate surface area is 120 Å². The van der Waals surface area contributed by atoms with E-state index >= 15 is 0 Å². The summed E-state index contributed by atoms with van der Waals surface area (Å²) in [6.07, 6.45) is -4.74. The molecule has 0 bridgehead atoms. The minimum Gasteiger partial charge on any atom is -0.405 e. The van der Waals surface area contributed by atoms with Crippen molar-refractivity contribution in [2.75, 3.05) is 0 Å². The molecule has 2 nitrogen and oxygen atoms in total. The molecule has 0 amide bonds. The summed E-state index contributed by atoms with van der Waals surface area (Å²) in [6, 6.07) is 7.17. The number of hydrogen-bond donors (Lipinski definition) is 1. The third kappa shape index (κ3) is 3.71. The van der Waals surface area contributed by atoms with Crippen LogP contribution in [0.15, 0.2) is 40.2 Å². The fourth-order valence-electron chi connectivity index (χ4n) is 1.60. The topological polar surface area (TPSA) is 35.2 Å². The third-order valence-electron chi connectivity index (χ3n) is 2.38. The predicted molar refractivity (Wildman–Crippen MR) is 71.2 cm³/mol. The predicted octanol–water partition coefficient (Wildman–Crippen LogP) is 4.46. The number of rotatable bonds is 3. The minimum atomic E-state index is -4.74. The van der Waals surface area contributed by atoms with Crippen LogP contribution in [0.4, 0.5) is 13.2 Å². The summed E-state index contributed by atoms with van der Waals surface area (Å²) in [5, 5.41) is 1.82. The summed E-state index contributed by atoms with van der Waals surface area (Å²) in [4.78, 5) is 0.769. The van der Waals surface area contributed by atoms with E-state index in [4.69, 9.17) is 5.73 Å². The Morgan fingerprint density at radius 1 is 1.26 bits per heavy atom. The molecule has 0 saturated carbocycles. The van der Waals surface area contributed by atoms with Gasteiger partial charge in [-0.05, 0) is 29.6 Å². The Bertz CT molecular complexity index is 557. The molecule has 1 aromatic heterocycles. The van der Waals surface area contributed by atoms with Crippen molar-refractivity contribution in [3.8, 4) is 5.75 Å². The van der Waals surface area contributed by atoms with Crippen molar-refractivity contribution in [3.05, 3.63) is 50.6 Å². The first-order chi connectivity index (χ1) is 8.87. The lowest BCUT2D eigenvalue weighted by Crippen LogP contribution is -2.20. The second-order valence-corrected chi connectivity index (χ2v) is 5.62. The first-order valence-electron chi connectivity index (χ1n) is 5.21. The number of ether oxygens (including phenoxy) is 1. The highest BCUT2D eigenvalue weighted by atomic mass is 79.9. The van der Waals surface area contributed by atoms with Crippen molar-refractivity contribution in [3.63, 3.8) is 0 Å². The Balaban J connectivity index is 2.40. The SMILES string of the molecule is N[C@@H](c1cccs1)c1cc(Br)ccc1OC(F)(F)F. The molecule has 0 aliphatic carbocycles. The molecule has 102 valence electrons. The molecule has 0 radical (unpaired) electrons. The third-order valence-corrected chi connectivity index (χ3v) is 3.83. The first kappa shape index (κ1) is 14.4. The van der Waals surface area contributed by atoms with E-state index in [-0.39, 0.29) is 11.3 Å². The highest BCUT2D eigenvalue weighted by molar-refractivity contribution is 9.10. The summed E-state index contributed by atoms with van der Waals surface area (Å²) in [7, 11) is 0. The number of hydrogen-bond acceptors (Lipinski definition) is 3. The molecule has 0 fully saturated rings. The van der Waals surface area contributed by atoms with Crippen LogP contribution >= 0.6 is 27.3 Å². The van der Waals surface area contributed by atoms with Crippen molar-refractivity contribution in [2.24, 2.45) is 5.73 Å². The van der Waals surface area contributed by atoms with Crippen molar-refractivity contribution in [1.82, 2.24) is 0 Å². The number of halogens is 4. The molecule has 0 aliphatic rings. The van der Waals surface area contributed by atoms with Crippen LogP contribution in [0.25, 0.3) is 0 Å². The van der Waals surface area contributed by atoms with Gasteiger partial charge >= 0.3 is 6.36 Å². The van der Waals surface area contributed by atoms with Gasteiger partial charge in [0.1, 0.15) is 5.75 Å². The van der Waals surface area contributed by atoms with Gasteiger partial charge in [-0.15, -0.1) is 24.5 Å². The smallest absolute Gasteiger partial charge is 0.405 e. The molecule has 19 heavy (non-hydrogen) atoms. The highest BCUT2D eigenvalue weighted by Gasteiger charge is 2.33. The van der Waals surface area contributed by atoms with E-state index in [9.17, 15) is 13.2 Å². The zero-order valence-corrected chi connectivity index (χ0v) is 11.8. The van der Waals surface area contributed by atoms with E-state index in [1.165, 1.54) is 29.5 Å². The number of benzene rings is 1. The van der Waals surface area contributed by atoms with Gasteiger partial charge in [0, 0.05) is 14.9 Å². The zero-order chi connectivity index (χ0) is 14.0. The second kappa shape index (κ2) is 5.52. The lowest BCUT2D eigenvalue weighted by atomic mass is 10.1. The van der Waals surface area contributed by atoms with Crippen LogP contribution in [0.3, 0.4) is 0 Å². The van der Waals surface area contributed by atoms with Crippen LogP contribution in [0.1, 0.15) is 16.5 Å². The Hall–Kier alpha value is -1.05. The molecule has 0 unspecified atom stereocenters.